The minimum absolute atomic E-state index is 0.0311. The number of methoxy groups -OCH3 is 1. The first-order chi connectivity index (χ1) is 8.51. The molecule has 0 N–H and O–H groups in total. The molecule has 0 heterocycles. The van der Waals surface area contributed by atoms with Crippen LogP contribution in [0.25, 0.3) is 10.8 Å². The summed E-state index contributed by atoms with van der Waals surface area (Å²) in [7, 11) is -1.83. The smallest absolute Gasteiger partial charge is 0.264 e. The lowest BCUT2D eigenvalue weighted by Crippen LogP contribution is -2.03. The fourth-order valence-electron chi connectivity index (χ4n) is 1.81. The van der Waals surface area contributed by atoms with Crippen molar-refractivity contribution >= 4 is 20.9 Å². The average Bonchev–Trinajstić information content (AvgIpc) is 2.35. The van der Waals surface area contributed by atoms with Crippen molar-refractivity contribution in [1.29, 1.82) is 0 Å². The van der Waals surface area contributed by atoms with Crippen molar-refractivity contribution < 1.29 is 17.3 Å². The van der Waals surface area contributed by atoms with Crippen LogP contribution < -0.4 is 4.74 Å². The molecular weight excluding hydrogens is 252 g/mol. The van der Waals surface area contributed by atoms with Gasteiger partial charge < -0.3 is 4.74 Å². The molecule has 0 aliphatic heterocycles. The molecule has 0 bridgehead atoms. The van der Waals surface area contributed by atoms with Crippen molar-refractivity contribution in [2.45, 2.75) is 6.61 Å². The second-order valence-corrected chi connectivity index (χ2v) is 5.58. The summed E-state index contributed by atoms with van der Waals surface area (Å²) in [4.78, 5) is 0. The van der Waals surface area contributed by atoms with Gasteiger partial charge in [0.1, 0.15) is 5.75 Å². The Hall–Kier alpha value is -1.59. The van der Waals surface area contributed by atoms with E-state index in [2.05, 4.69) is 0 Å². The number of benzene rings is 2. The van der Waals surface area contributed by atoms with Gasteiger partial charge in [-0.1, -0.05) is 30.3 Å². The molecule has 0 radical (unpaired) electrons. The molecule has 2 rings (SSSR count). The Labute approximate surface area is 106 Å². The predicted octanol–water partition coefficient (Wildman–Crippen LogP) is 2.32. The molecule has 2 aromatic rings. The summed E-state index contributed by atoms with van der Waals surface area (Å²) >= 11 is 0. The summed E-state index contributed by atoms with van der Waals surface area (Å²) in [6.45, 7) is 0.0311. The highest BCUT2D eigenvalue weighted by Gasteiger charge is 2.08. The first-order valence-electron chi connectivity index (χ1n) is 5.40. The standard InChI is InChI=1S/C13H14O4S/c1-16-13-8-7-10(9-17-18(2,14)15)11-5-3-4-6-12(11)13/h3-8H,9H2,1-2H3. The average molecular weight is 266 g/mol. The zero-order valence-electron chi connectivity index (χ0n) is 10.2. The predicted molar refractivity (Wildman–Crippen MR) is 70.1 cm³/mol. The van der Waals surface area contributed by atoms with E-state index in [4.69, 9.17) is 8.92 Å². The maximum absolute atomic E-state index is 11.0. The fourth-order valence-corrected chi connectivity index (χ4v) is 2.15. The van der Waals surface area contributed by atoms with Crippen molar-refractivity contribution in [3.8, 4) is 5.75 Å². The molecule has 0 fully saturated rings. The molecule has 18 heavy (non-hydrogen) atoms. The third kappa shape index (κ3) is 2.80. The summed E-state index contributed by atoms with van der Waals surface area (Å²) in [5.41, 5.74) is 0.817. The molecule has 96 valence electrons. The molecule has 0 spiro atoms. The Morgan fingerprint density at radius 1 is 1.06 bits per heavy atom. The number of rotatable bonds is 4. The number of fused-ring (bicyclic) bond motifs is 1. The Morgan fingerprint density at radius 3 is 2.33 bits per heavy atom. The maximum atomic E-state index is 11.0. The van der Waals surface area contributed by atoms with Crippen LogP contribution in [-0.4, -0.2) is 21.8 Å². The molecule has 4 nitrogen and oxygen atoms in total. The number of hydrogen-bond acceptors (Lipinski definition) is 4. The van der Waals surface area contributed by atoms with Gasteiger partial charge in [-0.05, 0) is 17.0 Å². The van der Waals surface area contributed by atoms with Gasteiger partial charge >= 0.3 is 0 Å². The Balaban J connectivity index is 2.46. The van der Waals surface area contributed by atoms with Gasteiger partial charge in [0.2, 0.25) is 0 Å². The number of hydrogen-bond donors (Lipinski definition) is 0. The molecule has 5 heteroatoms. The van der Waals surface area contributed by atoms with E-state index in [0.29, 0.717) is 0 Å². The van der Waals surface area contributed by atoms with Crippen LogP contribution in [-0.2, 0) is 20.9 Å². The maximum Gasteiger partial charge on any atom is 0.264 e. The first kappa shape index (κ1) is 12.9. The van der Waals surface area contributed by atoms with Crippen molar-refractivity contribution in [2.24, 2.45) is 0 Å². The van der Waals surface area contributed by atoms with E-state index in [0.717, 1.165) is 28.3 Å². The third-order valence-corrected chi connectivity index (χ3v) is 3.17. The molecular formula is C13H14O4S. The van der Waals surface area contributed by atoms with Crippen LogP contribution in [0.2, 0.25) is 0 Å². The van der Waals surface area contributed by atoms with Gasteiger partial charge in [-0.25, -0.2) is 0 Å². The van der Waals surface area contributed by atoms with Crippen LogP contribution in [0.1, 0.15) is 5.56 Å². The molecule has 0 amide bonds. The minimum Gasteiger partial charge on any atom is -0.496 e. The van der Waals surface area contributed by atoms with Crippen LogP contribution in [0.4, 0.5) is 0 Å². The van der Waals surface area contributed by atoms with E-state index in [1.165, 1.54) is 0 Å². The van der Waals surface area contributed by atoms with E-state index in [1.807, 2.05) is 36.4 Å². The molecule has 0 aliphatic rings. The van der Waals surface area contributed by atoms with Crippen LogP contribution in [0.3, 0.4) is 0 Å². The highest BCUT2D eigenvalue weighted by molar-refractivity contribution is 7.85. The molecule has 0 aliphatic carbocycles. The SMILES string of the molecule is COc1ccc(COS(C)(=O)=O)c2ccccc12. The van der Waals surface area contributed by atoms with Crippen LogP contribution >= 0.6 is 0 Å². The van der Waals surface area contributed by atoms with Crippen LogP contribution in [0.15, 0.2) is 36.4 Å². The summed E-state index contributed by atoms with van der Waals surface area (Å²) in [5.74, 6) is 0.758. The van der Waals surface area contributed by atoms with Crippen molar-refractivity contribution in [2.75, 3.05) is 13.4 Å². The normalized spacial score (nSPS) is 11.7. The van der Waals surface area contributed by atoms with Gasteiger partial charge in [0.15, 0.2) is 0 Å². The highest BCUT2D eigenvalue weighted by atomic mass is 32.2. The van der Waals surface area contributed by atoms with E-state index in [1.54, 1.807) is 7.11 Å². The largest absolute Gasteiger partial charge is 0.496 e. The Kier molecular flexibility index (Phi) is 3.54. The lowest BCUT2D eigenvalue weighted by molar-refractivity contribution is 0.313. The van der Waals surface area contributed by atoms with Crippen LogP contribution in [0, 0.1) is 0 Å². The van der Waals surface area contributed by atoms with Gasteiger partial charge in [-0.2, -0.15) is 8.42 Å². The monoisotopic (exact) mass is 266 g/mol. The summed E-state index contributed by atoms with van der Waals surface area (Å²) in [5, 5.41) is 1.87. The van der Waals surface area contributed by atoms with Crippen molar-refractivity contribution in [3.05, 3.63) is 42.0 Å². The van der Waals surface area contributed by atoms with Gasteiger partial charge in [0.05, 0.1) is 20.0 Å². The first-order valence-corrected chi connectivity index (χ1v) is 7.22. The Morgan fingerprint density at radius 2 is 1.72 bits per heavy atom. The topological polar surface area (TPSA) is 52.6 Å². The van der Waals surface area contributed by atoms with E-state index < -0.39 is 10.1 Å². The second kappa shape index (κ2) is 4.96. The lowest BCUT2D eigenvalue weighted by atomic mass is 10.0. The van der Waals surface area contributed by atoms with E-state index in [-0.39, 0.29) is 6.61 Å². The zero-order chi connectivity index (χ0) is 13.2. The fraction of sp³-hybridized carbons (Fsp3) is 0.231. The van der Waals surface area contributed by atoms with E-state index >= 15 is 0 Å². The third-order valence-electron chi connectivity index (χ3n) is 2.62. The summed E-state index contributed by atoms with van der Waals surface area (Å²) in [6.07, 6.45) is 1.04. The summed E-state index contributed by atoms with van der Waals surface area (Å²) in [6, 6.07) is 11.3. The molecule has 0 unspecified atom stereocenters. The molecule has 2 aromatic carbocycles. The van der Waals surface area contributed by atoms with Crippen molar-refractivity contribution in [1.82, 2.24) is 0 Å². The lowest BCUT2D eigenvalue weighted by Gasteiger charge is -2.10. The van der Waals surface area contributed by atoms with Gasteiger partial charge in [-0.15, -0.1) is 0 Å². The zero-order valence-corrected chi connectivity index (χ0v) is 11.0. The molecule has 0 atom stereocenters. The van der Waals surface area contributed by atoms with Gasteiger partial charge in [0, 0.05) is 5.39 Å². The molecule has 0 saturated carbocycles. The van der Waals surface area contributed by atoms with Gasteiger partial charge in [-0.3, -0.25) is 4.18 Å². The number of ether oxygens (including phenoxy) is 1. The minimum atomic E-state index is -3.44. The molecule has 0 saturated heterocycles. The van der Waals surface area contributed by atoms with Crippen LogP contribution in [0.5, 0.6) is 5.75 Å². The highest BCUT2D eigenvalue weighted by Crippen LogP contribution is 2.28. The quantitative estimate of drug-likeness (QED) is 0.797. The Bertz CT molecular complexity index is 662. The van der Waals surface area contributed by atoms with E-state index in [9.17, 15) is 8.42 Å². The molecule has 0 aromatic heterocycles. The summed E-state index contributed by atoms with van der Waals surface area (Å²) < 4.78 is 32.1. The van der Waals surface area contributed by atoms with Crippen molar-refractivity contribution in [3.63, 3.8) is 0 Å². The second-order valence-electron chi connectivity index (χ2n) is 3.94. The van der Waals surface area contributed by atoms with Gasteiger partial charge in [0.25, 0.3) is 10.1 Å².